The lowest BCUT2D eigenvalue weighted by atomic mass is 10.2. The first-order valence-corrected chi connectivity index (χ1v) is 7.04. The number of esters is 1. The minimum Gasteiger partial charge on any atom is -0.475 e. The Morgan fingerprint density at radius 3 is 3.00 bits per heavy atom. The average molecular weight is 295 g/mol. The van der Waals surface area contributed by atoms with Gasteiger partial charge in [0.05, 0.1) is 32.1 Å². The molecule has 0 spiro atoms. The molecule has 0 saturated carbocycles. The molecule has 0 amide bonds. The van der Waals surface area contributed by atoms with E-state index in [1.807, 2.05) is 24.3 Å². The average Bonchev–Trinajstić information content (AvgIpc) is 2.53. The standard InChI is InChI=1S/C15H21NO5/c1-18-9-10-19-7-4-8-20-15(17)14-11-16-12-5-2-3-6-13(12)21-14/h2-3,5-6,14,16H,4,7-11H2,1H3. The lowest BCUT2D eigenvalue weighted by Gasteiger charge is -2.25. The molecule has 116 valence electrons. The van der Waals surface area contributed by atoms with Crippen LogP contribution in [0, 0.1) is 0 Å². The summed E-state index contributed by atoms with van der Waals surface area (Å²) in [6.45, 7) is 2.41. The second kappa shape index (κ2) is 8.49. The van der Waals surface area contributed by atoms with Crippen molar-refractivity contribution in [3.63, 3.8) is 0 Å². The summed E-state index contributed by atoms with van der Waals surface area (Å²) in [6.07, 6.45) is 0.0564. The monoisotopic (exact) mass is 295 g/mol. The van der Waals surface area contributed by atoms with Gasteiger partial charge in [0.1, 0.15) is 5.75 Å². The summed E-state index contributed by atoms with van der Waals surface area (Å²) in [5.41, 5.74) is 0.896. The van der Waals surface area contributed by atoms with Crippen LogP contribution >= 0.6 is 0 Å². The highest BCUT2D eigenvalue weighted by atomic mass is 16.6. The molecular formula is C15H21NO5. The minimum atomic E-state index is -0.602. The zero-order valence-electron chi connectivity index (χ0n) is 12.2. The van der Waals surface area contributed by atoms with Crippen LogP contribution in [0.2, 0.25) is 0 Å². The van der Waals surface area contributed by atoms with Gasteiger partial charge in [0, 0.05) is 20.1 Å². The molecule has 1 unspecified atom stereocenters. The van der Waals surface area contributed by atoms with Crippen LogP contribution in [0.25, 0.3) is 0 Å². The molecule has 1 aliphatic rings. The smallest absolute Gasteiger partial charge is 0.349 e. The van der Waals surface area contributed by atoms with Crippen LogP contribution in [-0.2, 0) is 19.0 Å². The molecule has 21 heavy (non-hydrogen) atoms. The zero-order valence-corrected chi connectivity index (χ0v) is 12.2. The van der Waals surface area contributed by atoms with Gasteiger partial charge in [-0.2, -0.15) is 0 Å². The molecule has 6 heteroatoms. The van der Waals surface area contributed by atoms with Crippen molar-refractivity contribution < 1.29 is 23.7 Å². The molecule has 2 rings (SSSR count). The Morgan fingerprint density at radius 1 is 1.29 bits per heavy atom. The van der Waals surface area contributed by atoms with Gasteiger partial charge in [-0.05, 0) is 12.1 Å². The maximum absolute atomic E-state index is 11.9. The van der Waals surface area contributed by atoms with Crippen LogP contribution in [0.3, 0.4) is 0 Å². The first-order chi connectivity index (χ1) is 10.3. The van der Waals surface area contributed by atoms with Crippen LogP contribution < -0.4 is 10.1 Å². The third-order valence-corrected chi connectivity index (χ3v) is 3.01. The van der Waals surface area contributed by atoms with Gasteiger partial charge in [0.2, 0.25) is 6.10 Å². The molecule has 1 aromatic rings. The summed E-state index contributed by atoms with van der Waals surface area (Å²) < 4.78 is 21.0. The number of carbonyl (C=O) groups is 1. The fourth-order valence-electron chi connectivity index (χ4n) is 1.92. The van der Waals surface area contributed by atoms with Crippen LogP contribution in [0.5, 0.6) is 5.75 Å². The van der Waals surface area contributed by atoms with Crippen molar-refractivity contribution in [2.45, 2.75) is 12.5 Å². The Hall–Kier alpha value is -1.79. The predicted molar refractivity (Wildman–Crippen MR) is 77.6 cm³/mol. The Labute approximate surface area is 124 Å². The summed E-state index contributed by atoms with van der Waals surface area (Å²) in [4.78, 5) is 11.9. The van der Waals surface area contributed by atoms with Crippen LogP contribution in [-0.4, -0.2) is 52.2 Å². The molecule has 1 aliphatic heterocycles. The second-order valence-electron chi connectivity index (χ2n) is 4.61. The van der Waals surface area contributed by atoms with Crippen molar-refractivity contribution in [3.05, 3.63) is 24.3 Å². The zero-order chi connectivity index (χ0) is 14.9. The second-order valence-corrected chi connectivity index (χ2v) is 4.61. The van der Waals surface area contributed by atoms with Gasteiger partial charge in [0.25, 0.3) is 0 Å². The van der Waals surface area contributed by atoms with E-state index in [0.29, 0.717) is 45.1 Å². The van der Waals surface area contributed by atoms with Gasteiger partial charge in [0.15, 0.2) is 0 Å². The van der Waals surface area contributed by atoms with Crippen molar-refractivity contribution in [3.8, 4) is 5.75 Å². The van der Waals surface area contributed by atoms with Crippen LogP contribution in [0.1, 0.15) is 6.42 Å². The molecule has 1 atom stereocenters. The highest BCUT2D eigenvalue weighted by Gasteiger charge is 2.26. The number of fused-ring (bicyclic) bond motifs is 1. The van der Waals surface area contributed by atoms with Crippen molar-refractivity contribution in [2.24, 2.45) is 0 Å². The number of nitrogens with one attached hydrogen (secondary N) is 1. The van der Waals surface area contributed by atoms with Crippen molar-refractivity contribution in [1.82, 2.24) is 0 Å². The molecule has 0 bridgehead atoms. The topological polar surface area (TPSA) is 66.0 Å². The number of carbonyl (C=O) groups excluding carboxylic acids is 1. The number of ether oxygens (including phenoxy) is 4. The minimum absolute atomic E-state index is 0.327. The number of anilines is 1. The van der Waals surface area contributed by atoms with E-state index in [4.69, 9.17) is 18.9 Å². The Morgan fingerprint density at radius 2 is 2.14 bits per heavy atom. The van der Waals surface area contributed by atoms with Gasteiger partial charge in [-0.3, -0.25) is 0 Å². The van der Waals surface area contributed by atoms with Gasteiger partial charge in [-0.1, -0.05) is 12.1 Å². The Kier molecular flexibility index (Phi) is 6.30. The first kappa shape index (κ1) is 15.6. The molecular weight excluding hydrogens is 274 g/mol. The molecule has 1 aromatic carbocycles. The number of rotatable bonds is 8. The van der Waals surface area contributed by atoms with Crippen molar-refractivity contribution in [2.75, 3.05) is 45.4 Å². The number of benzene rings is 1. The SMILES string of the molecule is COCCOCCCOC(=O)C1CNc2ccccc2O1. The maximum Gasteiger partial charge on any atom is 0.349 e. The Bertz CT molecular complexity index is 451. The summed E-state index contributed by atoms with van der Waals surface area (Å²) in [7, 11) is 1.63. The molecule has 0 radical (unpaired) electrons. The van der Waals surface area contributed by atoms with E-state index in [1.165, 1.54) is 0 Å². The normalized spacial score (nSPS) is 16.5. The molecule has 1 N–H and O–H groups in total. The molecule has 6 nitrogen and oxygen atoms in total. The van der Waals surface area contributed by atoms with Gasteiger partial charge >= 0.3 is 5.97 Å². The maximum atomic E-state index is 11.9. The summed E-state index contributed by atoms with van der Waals surface area (Å²) in [6, 6.07) is 7.52. The quantitative estimate of drug-likeness (QED) is 0.578. The van der Waals surface area contributed by atoms with Gasteiger partial charge in [-0.15, -0.1) is 0 Å². The van der Waals surface area contributed by atoms with E-state index < -0.39 is 6.10 Å². The van der Waals surface area contributed by atoms with E-state index in [9.17, 15) is 4.79 Å². The largest absolute Gasteiger partial charge is 0.475 e. The highest BCUT2D eigenvalue weighted by Crippen LogP contribution is 2.28. The third kappa shape index (κ3) is 4.91. The molecule has 0 saturated heterocycles. The lowest BCUT2D eigenvalue weighted by Crippen LogP contribution is -2.39. The van der Waals surface area contributed by atoms with E-state index in [2.05, 4.69) is 5.32 Å². The van der Waals surface area contributed by atoms with Crippen molar-refractivity contribution in [1.29, 1.82) is 0 Å². The van der Waals surface area contributed by atoms with E-state index in [1.54, 1.807) is 7.11 Å². The number of hydrogen-bond donors (Lipinski definition) is 1. The molecule has 0 aromatic heterocycles. The third-order valence-electron chi connectivity index (χ3n) is 3.01. The first-order valence-electron chi connectivity index (χ1n) is 7.04. The fourth-order valence-corrected chi connectivity index (χ4v) is 1.92. The summed E-state index contributed by atoms with van der Waals surface area (Å²) in [5, 5.41) is 3.15. The number of hydrogen-bond acceptors (Lipinski definition) is 6. The lowest BCUT2D eigenvalue weighted by molar-refractivity contribution is -0.151. The molecule has 0 aliphatic carbocycles. The highest BCUT2D eigenvalue weighted by molar-refractivity contribution is 5.77. The van der Waals surface area contributed by atoms with E-state index >= 15 is 0 Å². The van der Waals surface area contributed by atoms with E-state index in [-0.39, 0.29) is 5.97 Å². The Balaban J connectivity index is 1.64. The van der Waals surface area contributed by atoms with Crippen LogP contribution in [0.4, 0.5) is 5.69 Å². The van der Waals surface area contributed by atoms with E-state index in [0.717, 1.165) is 5.69 Å². The predicted octanol–water partition coefficient (Wildman–Crippen LogP) is 1.46. The summed E-state index contributed by atoms with van der Waals surface area (Å²) >= 11 is 0. The van der Waals surface area contributed by atoms with Crippen molar-refractivity contribution >= 4 is 11.7 Å². The number of para-hydroxylation sites is 2. The van der Waals surface area contributed by atoms with Gasteiger partial charge in [-0.25, -0.2) is 4.79 Å². The molecule has 1 heterocycles. The molecule has 0 fully saturated rings. The van der Waals surface area contributed by atoms with Crippen LogP contribution in [0.15, 0.2) is 24.3 Å². The number of methoxy groups -OCH3 is 1. The summed E-state index contributed by atoms with van der Waals surface area (Å²) in [5.74, 6) is 0.322. The fraction of sp³-hybridized carbons (Fsp3) is 0.533. The van der Waals surface area contributed by atoms with Gasteiger partial charge < -0.3 is 24.3 Å².